The fourth-order valence-corrected chi connectivity index (χ4v) is 2.74. The van der Waals surface area contributed by atoms with E-state index in [9.17, 15) is 0 Å². The summed E-state index contributed by atoms with van der Waals surface area (Å²) >= 11 is 0. The Morgan fingerprint density at radius 3 is 2.40 bits per heavy atom. The van der Waals surface area contributed by atoms with Gasteiger partial charge in [-0.3, -0.25) is 0 Å². The summed E-state index contributed by atoms with van der Waals surface area (Å²) in [5.41, 5.74) is 3.99. The second kappa shape index (κ2) is 6.69. The molecule has 0 radical (unpaired) electrons. The van der Waals surface area contributed by atoms with Crippen LogP contribution in [0.4, 0.5) is 0 Å². The third-order valence-electron chi connectivity index (χ3n) is 3.97. The molecule has 1 fully saturated rings. The van der Waals surface area contributed by atoms with Crippen LogP contribution in [-0.4, -0.2) is 25.7 Å². The third-order valence-corrected chi connectivity index (χ3v) is 3.97. The molecule has 20 heavy (non-hydrogen) atoms. The van der Waals surface area contributed by atoms with E-state index in [4.69, 9.17) is 0 Å². The highest BCUT2D eigenvalue weighted by molar-refractivity contribution is 5.63. The minimum Gasteiger partial charge on any atom is -0.315 e. The topological polar surface area (TPSA) is 24.1 Å². The van der Waals surface area contributed by atoms with Gasteiger partial charge < -0.3 is 10.6 Å². The number of hydrogen-bond acceptors (Lipinski definition) is 2. The Labute approximate surface area is 121 Å². The molecule has 1 unspecified atom stereocenters. The average molecular weight is 266 g/mol. The molecule has 0 spiro atoms. The van der Waals surface area contributed by atoms with Crippen LogP contribution < -0.4 is 10.6 Å². The lowest BCUT2D eigenvalue weighted by atomic mass is 10.0. The molecule has 0 aliphatic carbocycles. The SMILES string of the molecule is c1ccc(-c2ccc(CCNC3CCNC3)cc2)cc1. The van der Waals surface area contributed by atoms with Crippen LogP contribution in [0.25, 0.3) is 11.1 Å². The zero-order valence-corrected chi connectivity index (χ0v) is 11.8. The Morgan fingerprint density at radius 1 is 0.950 bits per heavy atom. The summed E-state index contributed by atoms with van der Waals surface area (Å²) in [6.07, 6.45) is 2.36. The minimum absolute atomic E-state index is 0.665. The molecule has 2 aromatic rings. The Bertz CT molecular complexity index is 513. The van der Waals surface area contributed by atoms with Crippen LogP contribution in [0.1, 0.15) is 12.0 Å². The smallest absolute Gasteiger partial charge is 0.0204 e. The maximum absolute atomic E-state index is 3.61. The van der Waals surface area contributed by atoms with Crippen LogP contribution in [-0.2, 0) is 6.42 Å². The lowest BCUT2D eigenvalue weighted by Crippen LogP contribution is -2.32. The van der Waals surface area contributed by atoms with E-state index in [0.29, 0.717) is 6.04 Å². The van der Waals surface area contributed by atoms with Crippen molar-refractivity contribution in [3.63, 3.8) is 0 Å². The van der Waals surface area contributed by atoms with Gasteiger partial charge in [0.1, 0.15) is 0 Å². The highest BCUT2D eigenvalue weighted by Crippen LogP contribution is 2.19. The van der Waals surface area contributed by atoms with Crippen molar-refractivity contribution in [1.29, 1.82) is 0 Å². The van der Waals surface area contributed by atoms with Crippen molar-refractivity contribution in [2.24, 2.45) is 0 Å². The van der Waals surface area contributed by atoms with Gasteiger partial charge in [-0.25, -0.2) is 0 Å². The Balaban J connectivity index is 1.53. The molecule has 1 heterocycles. The summed E-state index contributed by atoms with van der Waals surface area (Å²) in [7, 11) is 0. The van der Waals surface area contributed by atoms with Crippen LogP contribution in [0.15, 0.2) is 54.6 Å². The van der Waals surface area contributed by atoms with Gasteiger partial charge in [0.2, 0.25) is 0 Å². The minimum atomic E-state index is 0.665. The molecular formula is C18H22N2. The van der Waals surface area contributed by atoms with Gasteiger partial charge in [0.25, 0.3) is 0 Å². The van der Waals surface area contributed by atoms with E-state index in [-0.39, 0.29) is 0 Å². The standard InChI is InChI=1S/C18H22N2/c1-2-4-16(5-3-1)17-8-6-15(7-9-17)10-13-20-18-11-12-19-14-18/h1-9,18-20H,10-14H2. The van der Waals surface area contributed by atoms with Crippen molar-refractivity contribution < 1.29 is 0 Å². The third kappa shape index (κ3) is 3.47. The molecule has 104 valence electrons. The zero-order valence-electron chi connectivity index (χ0n) is 11.8. The van der Waals surface area contributed by atoms with Crippen molar-refractivity contribution in [2.75, 3.05) is 19.6 Å². The second-order valence-electron chi connectivity index (χ2n) is 5.46. The van der Waals surface area contributed by atoms with Gasteiger partial charge >= 0.3 is 0 Å². The van der Waals surface area contributed by atoms with Gasteiger partial charge in [0, 0.05) is 12.6 Å². The second-order valence-corrected chi connectivity index (χ2v) is 5.46. The van der Waals surface area contributed by atoms with Crippen molar-refractivity contribution >= 4 is 0 Å². The molecule has 2 heteroatoms. The van der Waals surface area contributed by atoms with Crippen LogP contribution in [0.3, 0.4) is 0 Å². The van der Waals surface area contributed by atoms with E-state index >= 15 is 0 Å². The van der Waals surface area contributed by atoms with Crippen LogP contribution >= 0.6 is 0 Å². The molecule has 3 rings (SSSR count). The normalized spacial score (nSPS) is 18.3. The molecule has 0 bridgehead atoms. The summed E-state index contributed by atoms with van der Waals surface area (Å²) < 4.78 is 0. The van der Waals surface area contributed by atoms with Crippen LogP contribution in [0.5, 0.6) is 0 Å². The van der Waals surface area contributed by atoms with E-state index in [1.54, 1.807) is 0 Å². The molecule has 1 aliphatic heterocycles. The van der Waals surface area contributed by atoms with E-state index in [2.05, 4.69) is 65.2 Å². The number of hydrogen-bond donors (Lipinski definition) is 2. The molecule has 0 amide bonds. The molecule has 2 aromatic carbocycles. The molecule has 0 aromatic heterocycles. The lowest BCUT2D eigenvalue weighted by Gasteiger charge is -2.11. The monoisotopic (exact) mass is 266 g/mol. The highest BCUT2D eigenvalue weighted by atomic mass is 15.0. The quantitative estimate of drug-likeness (QED) is 0.869. The van der Waals surface area contributed by atoms with E-state index in [0.717, 1.165) is 26.1 Å². The predicted octanol–water partition coefficient (Wildman–Crippen LogP) is 2.85. The van der Waals surface area contributed by atoms with Crippen LogP contribution in [0.2, 0.25) is 0 Å². The number of rotatable bonds is 5. The summed E-state index contributed by atoms with van der Waals surface area (Å²) in [5, 5.41) is 7.00. The number of nitrogens with one attached hydrogen (secondary N) is 2. The Kier molecular flexibility index (Phi) is 4.46. The molecule has 2 N–H and O–H groups in total. The van der Waals surface area contributed by atoms with Crippen molar-refractivity contribution in [1.82, 2.24) is 10.6 Å². The number of benzene rings is 2. The van der Waals surface area contributed by atoms with Crippen molar-refractivity contribution in [2.45, 2.75) is 18.9 Å². The van der Waals surface area contributed by atoms with Gasteiger partial charge in [-0.1, -0.05) is 54.6 Å². The van der Waals surface area contributed by atoms with Gasteiger partial charge in [-0.2, -0.15) is 0 Å². The molecule has 1 saturated heterocycles. The first-order valence-corrected chi connectivity index (χ1v) is 7.50. The molecule has 2 nitrogen and oxygen atoms in total. The van der Waals surface area contributed by atoms with Crippen LogP contribution in [0, 0.1) is 0 Å². The first kappa shape index (κ1) is 13.3. The van der Waals surface area contributed by atoms with Crippen molar-refractivity contribution in [3.8, 4) is 11.1 Å². The summed E-state index contributed by atoms with van der Waals surface area (Å²) in [5.74, 6) is 0. The maximum Gasteiger partial charge on any atom is 0.0204 e. The zero-order chi connectivity index (χ0) is 13.6. The Hall–Kier alpha value is -1.64. The van der Waals surface area contributed by atoms with Gasteiger partial charge in [-0.05, 0) is 42.6 Å². The molecule has 1 atom stereocenters. The van der Waals surface area contributed by atoms with Gasteiger partial charge in [0.05, 0.1) is 0 Å². The first-order valence-electron chi connectivity index (χ1n) is 7.50. The van der Waals surface area contributed by atoms with Gasteiger partial charge in [-0.15, -0.1) is 0 Å². The summed E-state index contributed by atoms with van der Waals surface area (Å²) in [6, 6.07) is 20.1. The first-order chi connectivity index (χ1) is 9.92. The fourth-order valence-electron chi connectivity index (χ4n) is 2.74. The summed E-state index contributed by atoms with van der Waals surface area (Å²) in [6.45, 7) is 3.34. The van der Waals surface area contributed by atoms with E-state index in [1.165, 1.54) is 23.1 Å². The Morgan fingerprint density at radius 2 is 1.70 bits per heavy atom. The van der Waals surface area contributed by atoms with Crippen molar-refractivity contribution in [3.05, 3.63) is 60.2 Å². The molecule has 1 aliphatic rings. The average Bonchev–Trinajstić information content (AvgIpc) is 3.02. The summed E-state index contributed by atoms with van der Waals surface area (Å²) in [4.78, 5) is 0. The lowest BCUT2D eigenvalue weighted by molar-refractivity contribution is 0.550. The van der Waals surface area contributed by atoms with E-state index in [1.807, 2.05) is 0 Å². The highest BCUT2D eigenvalue weighted by Gasteiger charge is 2.12. The van der Waals surface area contributed by atoms with Gasteiger partial charge in [0.15, 0.2) is 0 Å². The molecule has 0 saturated carbocycles. The molecular weight excluding hydrogens is 244 g/mol. The van der Waals surface area contributed by atoms with E-state index < -0.39 is 0 Å². The largest absolute Gasteiger partial charge is 0.315 e. The predicted molar refractivity (Wildman–Crippen MR) is 84.9 cm³/mol. The fraction of sp³-hybridized carbons (Fsp3) is 0.333. The maximum atomic E-state index is 3.61.